The number of nitrogens with zero attached hydrogens (tertiary/aromatic N) is 2. The van der Waals surface area contributed by atoms with E-state index < -0.39 is 0 Å². The first-order valence-corrected chi connectivity index (χ1v) is 4.65. The molecule has 0 aliphatic carbocycles. The summed E-state index contributed by atoms with van der Waals surface area (Å²) >= 11 is 0. The predicted octanol–water partition coefficient (Wildman–Crippen LogP) is -0.257. The number of hydrogen-bond acceptors (Lipinski definition) is 3. The summed E-state index contributed by atoms with van der Waals surface area (Å²) in [4.78, 5) is 0. The summed E-state index contributed by atoms with van der Waals surface area (Å²) in [6.07, 6.45) is 2.08. The van der Waals surface area contributed by atoms with Crippen molar-refractivity contribution in [3.05, 3.63) is 17.5 Å². The molecule has 0 radical (unpaired) electrons. The lowest BCUT2D eigenvalue weighted by atomic mass is 9.96. The van der Waals surface area contributed by atoms with E-state index in [1.165, 1.54) is 5.56 Å². The molecule has 0 saturated carbocycles. The number of nitrogens with two attached hydrogens (primary N) is 1. The van der Waals surface area contributed by atoms with Crippen molar-refractivity contribution in [1.82, 2.24) is 15.1 Å². The Morgan fingerprint density at radius 1 is 1.62 bits per heavy atom. The molecule has 0 aromatic carbocycles. The summed E-state index contributed by atoms with van der Waals surface area (Å²) in [6.45, 7) is 3.94. The summed E-state index contributed by atoms with van der Waals surface area (Å²) < 4.78 is 1.86. The number of rotatable bonds is 1. The Bertz CT molecular complexity index is 305. The molecule has 1 aromatic heterocycles. The zero-order valence-corrected chi connectivity index (χ0v) is 8.12. The highest BCUT2D eigenvalue weighted by Gasteiger charge is 2.27. The third-order valence-corrected chi connectivity index (χ3v) is 2.71. The second kappa shape index (κ2) is 3.12. The van der Waals surface area contributed by atoms with E-state index in [1.807, 2.05) is 18.7 Å². The van der Waals surface area contributed by atoms with Crippen molar-refractivity contribution in [2.45, 2.75) is 18.9 Å². The van der Waals surface area contributed by atoms with E-state index in [4.69, 9.17) is 5.73 Å². The molecule has 4 nitrogen and oxygen atoms in total. The van der Waals surface area contributed by atoms with Crippen molar-refractivity contribution in [2.24, 2.45) is 12.8 Å². The molecule has 3 N–H and O–H groups in total. The maximum absolute atomic E-state index is 5.99. The van der Waals surface area contributed by atoms with Crippen LogP contribution < -0.4 is 11.1 Å². The SMILES string of the molecule is Cc1nn(C)cc1C1CNCC1N. The third-order valence-electron chi connectivity index (χ3n) is 2.71. The van der Waals surface area contributed by atoms with Crippen LogP contribution in [0.4, 0.5) is 0 Å². The maximum atomic E-state index is 5.99. The van der Waals surface area contributed by atoms with Crippen LogP contribution in [0.15, 0.2) is 6.20 Å². The summed E-state index contributed by atoms with van der Waals surface area (Å²) in [5.74, 6) is 0.439. The molecular formula is C9H16N4. The fraction of sp³-hybridized carbons (Fsp3) is 0.667. The Labute approximate surface area is 78.1 Å². The Morgan fingerprint density at radius 2 is 2.38 bits per heavy atom. The molecule has 1 fully saturated rings. The lowest BCUT2D eigenvalue weighted by Crippen LogP contribution is -2.27. The van der Waals surface area contributed by atoms with E-state index in [0.29, 0.717) is 5.92 Å². The van der Waals surface area contributed by atoms with Crippen molar-refractivity contribution in [3.8, 4) is 0 Å². The highest BCUT2D eigenvalue weighted by atomic mass is 15.2. The van der Waals surface area contributed by atoms with Crippen LogP contribution in [0.5, 0.6) is 0 Å². The molecule has 4 heteroatoms. The van der Waals surface area contributed by atoms with Crippen molar-refractivity contribution in [3.63, 3.8) is 0 Å². The van der Waals surface area contributed by atoms with E-state index in [0.717, 1.165) is 18.8 Å². The average Bonchev–Trinajstić information content (AvgIpc) is 2.58. The fourth-order valence-corrected chi connectivity index (χ4v) is 2.02. The molecule has 0 amide bonds. The first kappa shape index (κ1) is 8.72. The quantitative estimate of drug-likeness (QED) is 0.626. The minimum atomic E-state index is 0.239. The van der Waals surface area contributed by atoms with Gasteiger partial charge in [0.15, 0.2) is 0 Å². The molecule has 0 bridgehead atoms. The molecule has 1 aliphatic rings. The van der Waals surface area contributed by atoms with Gasteiger partial charge in [0, 0.05) is 38.3 Å². The number of aromatic nitrogens is 2. The van der Waals surface area contributed by atoms with Gasteiger partial charge in [0.2, 0.25) is 0 Å². The molecule has 13 heavy (non-hydrogen) atoms. The van der Waals surface area contributed by atoms with E-state index in [1.54, 1.807) is 0 Å². The van der Waals surface area contributed by atoms with E-state index >= 15 is 0 Å². The molecule has 72 valence electrons. The normalized spacial score (nSPS) is 28.2. The summed E-state index contributed by atoms with van der Waals surface area (Å²) in [5.41, 5.74) is 8.38. The van der Waals surface area contributed by atoms with Crippen LogP contribution in [0.25, 0.3) is 0 Å². The highest BCUT2D eigenvalue weighted by molar-refractivity contribution is 5.24. The first-order chi connectivity index (χ1) is 6.18. The van der Waals surface area contributed by atoms with E-state index in [9.17, 15) is 0 Å². The third kappa shape index (κ3) is 1.47. The van der Waals surface area contributed by atoms with Crippen molar-refractivity contribution < 1.29 is 0 Å². The van der Waals surface area contributed by atoms with Gasteiger partial charge in [0.1, 0.15) is 0 Å². The fourth-order valence-electron chi connectivity index (χ4n) is 2.02. The Kier molecular flexibility index (Phi) is 2.09. The molecule has 1 aromatic rings. The second-order valence-corrected chi connectivity index (χ2v) is 3.77. The lowest BCUT2D eigenvalue weighted by Gasteiger charge is -2.12. The van der Waals surface area contributed by atoms with Crippen LogP contribution in [0, 0.1) is 6.92 Å². The molecule has 2 heterocycles. The molecule has 2 rings (SSSR count). The van der Waals surface area contributed by atoms with Crippen LogP contribution in [-0.4, -0.2) is 28.9 Å². The van der Waals surface area contributed by atoms with Gasteiger partial charge < -0.3 is 11.1 Å². The molecule has 1 saturated heterocycles. The lowest BCUT2D eigenvalue weighted by molar-refractivity contribution is 0.649. The van der Waals surface area contributed by atoms with Gasteiger partial charge in [-0.1, -0.05) is 0 Å². The molecule has 0 spiro atoms. The number of hydrogen-bond donors (Lipinski definition) is 2. The Hall–Kier alpha value is -0.870. The van der Waals surface area contributed by atoms with Crippen LogP contribution >= 0.6 is 0 Å². The summed E-state index contributed by atoms with van der Waals surface area (Å²) in [6, 6.07) is 0.239. The van der Waals surface area contributed by atoms with Crippen molar-refractivity contribution >= 4 is 0 Å². The van der Waals surface area contributed by atoms with Gasteiger partial charge in [-0.2, -0.15) is 5.10 Å². The van der Waals surface area contributed by atoms with Crippen LogP contribution in [-0.2, 0) is 7.05 Å². The largest absolute Gasteiger partial charge is 0.326 e. The maximum Gasteiger partial charge on any atom is 0.0629 e. The van der Waals surface area contributed by atoms with Gasteiger partial charge in [-0.15, -0.1) is 0 Å². The highest BCUT2D eigenvalue weighted by Crippen LogP contribution is 2.23. The Morgan fingerprint density at radius 3 is 2.85 bits per heavy atom. The molecule has 2 atom stereocenters. The molecular weight excluding hydrogens is 164 g/mol. The number of aryl methyl sites for hydroxylation is 2. The van der Waals surface area contributed by atoms with Crippen LogP contribution in [0.2, 0.25) is 0 Å². The van der Waals surface area contributed by atoms with Crippen molar-refractivity contribution in [1.29, 1.82) is 0 Å². The van der Waals surface area contributed by atoms with E-state index in [-0.39, 0.29) is 6.04 Å². The number of nitrogens with one attached hydrogen (secondary N) is 1. The average molecular weight is 180 g/mol. The van der Waals surface area contributed by atoms with Gasteiger partial charge in [-0.25, -0.2) is 0 Å². The molecule has 2 unspecified atom stereocenters. The molecule has 1 aliphatic heterocycles. The summed E-state index contributed by atoms with van der Waals surface area (Å²) in [5, 5.41) is 7.62. The Balaban J connectivity index is 2.28. The minimum absolute atomic E-state index is 0.239. The van der Waals surface area contributed by atoms with Gasteiger partial charge in [-0.3, -0.25) is 4.68 Å². The standard InChI is InChI=1S/C9H16N4/c1-6-8(5-13(2)12-6)7-3-11-4-9(7)10/h5,7,9,11H,3-4,10H2,1-2H3. The predicted molar refractivity (Wildman–Crippen MR) is 51.5 cm³/mol. The minimum Gasteiger partial charge on any atom is -0.326 e. The zero-order chi connectivity index (χ0) is 9.42. The van der Waals surface area contributed by atoms with E-state index in [2.05, 4.69) is 16.6 Å². The second-order valence-electron chi connectivity index (χ2n) is 3.77. The first-order valence-electron chi connectivity index (χ1n) is 4.65. The van der Waals surface area contributed by atoms with Gasteiger partial charge in [0.05, 0.1) is 5.69 Å². The summed E-state index contributed by atoms with van der Waals surface area (Å²) in [7, 11) is 1.95. The van der Waals surface area contributed by atoms with Crippen LogP contribution in [0.3, 0.4) is 0 Å². The van der Waals surface area contributed by atoms with Gasteiger partial charge in [-0.05, 0) is 12.5 Å². The van der Waals surface area contributed by atoms with Crippen LogP contribution in [0.1, 0.15) is 17.2 Å². The smallest absolute Gasteiger partial charge is 0.0629 e. The van der Waals surface area contributed by atoms with Crippen molar-refractivity contribution in [2.75, 3.05) is 13.1 Å². The van der Waals surface area contributed by atoms with Gasteiger partial charge in [0.25, 0.3) is 0 Å². The monoisotopic (exact) mass is 180 g/mol. The zero-order valence-electron chi connectivity index (χ0n) is 8.12. The van der Waals surface area contributed by atoms with Gasteiger partial charge >= 0.3 is 0 Å². The topological polar surface area (TPSA) is 55.9 Å².